The second-order valence-corrected chi connectivity index (χ2v) is 9.14. The van der Waals surface area contributed by atoms with Crippen LogP contribution in [-0.2, 0) is 10.0 Å². The number of hydrogen-bond donors (Lipinski definition) is 2. The van der Waals surface area contributed by atoms with Gasteiger partial charge in [-0.2, -0.15) is 0 Å². The number of benzene rings is 3. The molecule has 7 nitrogen and oxygen atoms in total. The lowest BCUT2D eigenvalue weighted by Gasteiger charge is -2.19. The van der Waals surface area contributed by atoms with Crippen molar-refractivity contribution in [2.75, 3.05) is 36.4 Å². The van der Waals surface area contributed by atoms with E-state index in [1.165, 1.54) is 12.1 Å². The number of amides is 1. The molecule has 33 heavy (non-hydrogen) atoms. The predicted octanol–water partition coefficient (Wildman–Crippen LogP) is 4.14. The third kappa shape index (κ3) is 6.98. The van der Waals surface area contributed by atoms with Crippen molar-refractivity contribution in [1.29, 1.82) is 0 Å². The minimum absolute atomic E-state index is 0.133. The number of ether oxygens (including phenoxy) is 1. The first kappa shape index (κ1) is 24.1. The van der Waals surface area contributed by atoms with Crippen LogP contribution in [0.3, 0.4) is 0 Å². The zero-order valence-electron chi connectivity index (χ0n) is 18.8. The van der Waals surface area contributed by atoms with Gasteiger partial charge in [-0.25, -0.2) is 8.42 Å². The number of sulfonamides is 1. The number of hydrogen-bond acceptors (Lipinski definition) is 5. The van der Waals surface area contributed by atoms with Crippen molar-refractivity contribution in [2.24, 2.45) is 0 Å². The average Bonchev–Trinajstić information content (AvgIpc) is 2.83. The first-order valence-electron chi connectivity index (χ1n) is 10.8. The van der Waals surface area contributed by atoms with Gasteiger partial charge in [0, 0.05) is 37.1 Å². The highest BCUT2D eigenvalue weighted by atomic mass is 32.2. The summed E-state index contributed by atoms with van der Waals surface area (Å²) in [4.78, 5) is 14.7. The number of rotatable bonds is 11. The molecule has 0 aromatic heterocycles. The topological polar surface area (TPSA) is 87.7 Å². The van der Waals surface area contributed by atoms with Gasteiger partial charge >= 0.3 is 0 Å². The highest BCUT2D eigenvalue weighted by molar-refractivity contribution is 7.92. The highest BCUT2D eigenvalue weighted by Crippen LogP contribution is 2.20. The molecule has 0 atom stereocenters. The van der Waals surface area contributed by atoms with Crippen molar-refractivity contribution in [2.45, 2.75) is 18.2 Å². The minimum atomic E-state index is -3.74. The van der Waals surface area contributed by atoms with Gasteiger partial charge in [0.05, 0.1) is 11.5 Å². The Morgan fingerprint density at radius 2 is 1.61 bits per heavy atom. The van der Waals surface area contributed by atoms with Crippen molar-refractivity contribution >= 4 is 27.3 Å². The van der Waals surface area contributed by atoms with Gasteiger partial charge in [0.25, 0.3) is 15.9 Å². The van der Waals surface area contributed by atoms with Crippen LogP contribution in [0.15, 0.2) is 83.8 Å². The van der Waals surface area contributed by atoms with Gasteiger partial charge in [-0.3, -0.25) is 9.52 Å². The molecule has 0 saturated carbocycles. The lowest BCUT2D eigenvalue weighted by atomic mass is 10.2. The first-order valence-corrected chi connectivity index (χ1v) is 12.3. The maximum atomic E-state index is 12.6. The molecule has 0 aliphatic rings. The fraction of sp³-hybridized carbons (Fsp3) is 0.240. The van der Waals surface area contributed by atoms with Crippen molar-refractivity contribution in [1.82, 2.24) is 5.32 Å². The van der Waals surface area contributed by atoms with E-state index < -0.39 is 10.0 Å². The Labute approximate surface area is 195 Å². The van der Waals surface area contributed by atoms with E-state index in [4.69, 9.17) is 4.74 Å². The summed E-state index contributed by atoms with van der Waals surface area (Å²) in [6.45, 7) is 3.73. The van der Waals surface area contributed by atoms with Crippen LogP contribution >= 0.6 is 0 Å². The molecule has 0 aliphatic heterocycles. The quantitative estimate of drug-likeness (QED) is 0.414. The molecular formula is C25H29N3O4S. The lowest BCUT2D eigenvalue weighted by Crippen LogP contribution is -2.28. The number of nitrogens with zero attached hydrogens (tertiary/aromatic N) is 1. The molecule has 0 saturated heterocycles. The molecule has 3 aromatic carbocycles. The van der Waals surface area contributed by atoms with Crippen molar-refractivity contribution < 1.29 is 17.9 Å². The van der Waals surface area contributed by atoms with Crippen LogP contribution < -0.4 is 19.7 Å². The van der Waals surface area contributed by atoms with Crippen LogP contribution in [0.5, 0.6) is 5.75 Å². The summed E-state index contributed by atoms with van der Waals surface area (Å²) in [5.74, 6) is 0.414. The molecule has 0 heterocycles. The van der Waals surface area contributed by atoms with Gasteiger partial charge in [-0.05, 0) is 74.0 Å². The van der Waals surface area contributed by atoms with Crippen molar-refractivity contribution in [3.63, 3.8) is 0 Å². The Morgan fingerprint density at radius 1 is 0.939 bits per heavy atom. The highest BCUT2D eigenvalue weighted by Gasteiger charge is 2.15. The number of anilines is 2. The molecule has 8 heteroatoms. The summed E-state index contributed by atoms with van der Waals surface area (Å²) in [5.41, 5.74) is 1.98. The number of carbonyl (C=O) groups is 1. The number of para-hydroxylation sites is 1. The van der Waals surface area contributed by atoms with Crippen molar-refractivity contribution in [3.8, 4) is 5.75 Å². The molecule has 174 valence electrons. The molecule has 3 aromatic rings. The van der Waals surface area contributed by atoms with Gasteiger partial charge in [0.2, 0.25) is 0 Å². The van der Waals surface area contributed by atoms with Gasteiger partial charge in [-0.1, -0.05) is 18.2 Å². The third-order valence-corrected chi connectivity index (χ3v) is 6.39. The first-order chi connectivity index (χ1) is 15.9. The summed E-state index contributed by atoms with van der Waals surface area (Å²) in [5, 5.41) is 2.90. The van der Waals surface area contributed by atoms with Gasteiger partial charge in [0.1, 0.15) is 5.75 Å². The monoisotopic (exact) mass is 467 g/mol. The minimum Gasteiger partial charge on any atom is -0.494 e. The Bertz CT molecular complexity index is 1130. The maximum Gasteiger partial charge on any atom is 0.261 e. The summed E-state index contributed by atoms with van der Waals surface area (Å²) < 4.78 is 33.0. The fourth-order valence-corrected chi connectivity index (χ4v) is 4.28. The average molecular weight is 468 g/mol. The van der Waals surface area contributed by atoms with E-state index in [1.54, 1.807) is 36.4 Å². The number of carbonyl (C=O) groups excluding carboxylic acids is 1. The SMILES string of the molecule is CCOc1ccc(S(=O)(=O)Nc2ccc(C(=O)NCCCN(C)c3ccccc3)cc2)cc1. The summed E-state index contributed by atoms with van der Waals surface area (Å²) in [7, 11) is -1.72. The Hall–Kier alpha value is -3.52. The molecule has 0 spiro atoms. The zero-order chi connectivity index (χ0) is 23.7. The van der Waals surface area contributed by atoms with Crippen LogP contribution in [0.25, 0.3) is 0 Å². The van der Waals surface area contributed by atoms with Gasteiger partial charge < -0.3 is 15.0 Å². The maximum absolute atomic E-state index is 12.6. The Morgan fingerprint density at radius 3 is 2.24 bits per heavy atom. The third-order valence-electron chi connectivity index (χ3n) is 5.00. The number of nitrogens with one attached hydrogen (secondary N) is 2. The molecule has 2 N–H and O–H groups in total. The zero-order valence-corrected chi connectivity index (χ0v) is 19.6. The Kier molecular flexibility index (Phi) is 8.32. The summed E-state index contributed by atoms with van der Waals surface area (Å²) in [6, 6.07) is 22.6. The van der Waals surface area contributed by atoms with Gasteiger partial charge in [-0.15, -0.1) is 0 Å². The van der Waals surface area contributed by atoms with Crippen LogP contribution in [0, 0.1) is 0 Å². The van der Waals surface area contributed by atoms with E-state index >= 15 is 0 Å². The van der Waals surface area contributed by atoms with Crippen LogP contribution in [0.4, 0.5) is 11.4 Å². The molecule has 0 aliphatic carbocycles. The molecule has 1 amide bonds. The van der Waals surface area contributed by atoms with Gasteiger partial charge in [0.15, 0.2) is 0 Å². The van der Waals surface area contributed by atoms with E-state index in [9.17, 15) is 13.2 Å². The van der Waals surface area contributed by atoms with Crippen LogP contribution in [-0.4, -0.2) is 41.1 Å². The summed E-state index contributed by atoms with van der Waals surface area (Å²) >= 11 is 0. The molecule has 0 bridgehead atoms. The lowest BCUT2D eigenvalue weighted by molar-refractivity contribution is 0.0953. The van der Waals surface area contributed by atoms with E-state index in [-0.39, 0.29) is 10.8 Å². The van der Waals surface area contributed by atoms with E-state index in [2.05, 4.69) is 14.9 Å². The van der Waals surface area contributed by atoms with E-state index in [0.717, 1.165) is 18.7 Å². The van der Waals surface area contributed by atoms with Crippen LogP contribution in [0.1, 0.15) is 23.7 Å². The van der Waals surface area contributed by atoms with Crippen molar-refractivity contribution in [3.05, 3.63) is 84.4 Å². The second-order valence-electron chi connectivity index (χ2n) is 7.45. The smallest absolute Gasteiger partial charge is 0.261 e. The molecule has 0 unspecified atom stereocenters. The largest absolute Gasteiger partial charge is 0.494 e. The summed E-state index contributed by atoms with van der Waals surface area (Å²) in [6.07, 6.45) is 0.803. The standard InChI is InChI=1S/C25H29N3O4S/c1-3-32-23-14-16-24(17-15-23)33(30,31)27-21-12-10-20(11-13-21)25(29)26-18-7-19-28(2)22-8-5-4-6-9-22/h4-6,8-17,27H,3,7,18-19H2,1-2H3,(H,26,29). The Balaban J connectivity index is 1.49. The second kappa shape index (κ2) is 11.4. The normalized spacial score (nSPS) is 11.0. The predicted molar refractivity (Wildman–Crippen MR) is 132 cm³/mol. The van der Waals surface area contributed by atoms with E-state index in [1.807, 2.05) is 44.3 Å². The fourth-order valence-electron chi connectivity index (χ4n) is 3.22. The van der Waals surface area contributed by atoms with Crippen LogP contribution in [0.2, 0.25) is 0 Å². The van der Waals surface area contributed by atoms with E-state index in [0.29, 0.717) is 30.2 Å². The molecule has 0 radical (unpaired) electrons. The molecular weight excluding hydrogens is 438 g/mol. The molecule has 0 fully saturated rings. The molecule has 3 rings (SSSR count).